The van der Waals surface area contributed by atoms with E-state index in [9.17, 15) is 4.39 Å². The summed E-state index contributed by atoms with van der Waals surface area (Å²) >= 11 is 5.86. The smallest absolute Gasteiger partial charge is 0.213 e. The van der Waals surface area contributed by atoms with E-state index < -0.39 is 17.6 Å². The van der Waals surface area contributed by atoms with Gasteiger partial charge in [-0.25, -0.2) is 14.3 Å². The van der Waals surface area contributed by atoms with Gasteiger partial charge in [0.2, 0.25) is 5.90 Å². The molecule has 2 N–H and O–H groups in total. The standard InChI is InChI=1S/C23H24ClFN2O5/c1-29-20-5-3-2-4-16(20)19-13-21(32-23(14-31-28)8-10-30-11-9-23)27-22(26-19)15-6-7-17(24)18(25)12-15/h2-7,12-13,22,26,28H,8-11,14H2,1H3. The van der Waals surface area contributed by atoms with Crippen molar-refractivity contribution < 1.29 is 28.7 Å². The van der Waals surface area contributed by atoms with Crippen LogP contribution in [-0.2, 0) is 14.4 Å². The lowest BCUT2D eigenvalue weighted by Gasteiger charge is -2.37. The van der Waals surface area contributed by atoms with Crippen LogP contribution in [0.25, 0.3) is 5.70 Å². The van der Waals surface area contributed by atoms with E-state index in [1.54, 1.807) is 19.3 Å². The predicted molar refractivity (Wildman–Crippen MR) is 118 cm³/mol. The number of hydrogen-bond acceptors (Lipinski definition) is 7. The first-order chi connectivity index (χ1) is 15.5. The Hall–Kier alpha value is -2.65. The molecule has 0 radical (unpaired) electrons. The highest BCUT2D eigenvalue weighted by Crippen LogP contribution is 2.33. The zero-order chi connectivity index (χ0) is 22.6. The highest BCUT2D eigenvalue weighted by molar-refractivity contribution is 6.30. The van der Waals surface area contributed by atoms with Crippen LogP contribution in [0.5, 0.6) is 5.75 Å². The van der Waals surface area contributed by atoms with Gasteiger partial charge < -0.3 is 19.5 Å². The fourth-order valence-electron chi connectivity index (χ4n) is 3.79. The van der Waals surface area contributed by atoms with Gasteiger partial charge in [0.05, 0.1) is 31.0 Å². The van der Waals surface area contributed by atoms with Gasteiger partial charge in [-0.15, -0.1) is 0 Å². The molecule has 1 saturated heterocycles. The zero-order valence-electron chi connectivity index (χ0n) is 17.5. The van der Waals surface area contributed by atoms with E-state index in [1.165, 1.54) is 12.1 Å². The Kier molecular flexibility index (Phi) is 6.95. The van der Waals surface area contributed by atoms with Gasteiger partial charge in [-0.3, -0.25) is 5.26 Å². The molecule has 7 nitrogen and oxygen atoms in total. The summed E-state index contributed by atoms with van der Waals surface area (Å²) in [5, 5.41) is 12.5. The summed E-state index contributed by atoms with van der Waals surface area (Å²) in [5.41, 5.74) is 1.28. The first-order valence-electron chi connectivity index (χ1n) is 10.2. The molecule has 2 aromatic carbocycles. The van der Waals surface area contributed by atoms with E-state index in [0.717, 1.165) is 5.56 Å². The number of aliphatic imine (C=N–C) groups is 1. The average Bonchev–Trinajstić information content (AvgIpc) is 2.81. The van der Waals surface area contributed by atoms with Crippen molar-refractivity contribution in [2.24, 2.45) is 4.99 Å². The van der Waals surface area contributed by atoms with Crippen molar-refractivity contribution in [1.29, 1.82) is 0 Å². The maximum atomic E-state index is 14.2. The summed E-state index contributed by atoms with van der Waals surface area (Å²) in [4.78, 5) is 9.11. The summed E-state index contributed by atoms with van der Waals surface area (Å²) in [6, 6.07) is 12.1. The second kappa shape index (κ2) is 9.87. The Balaban J connectivity index is 1.73. The van der Waals surface area contributed by atoms with Crippen LogP contribution in [0.4, 0.5) is 4.39 Å². The van der Waals surface area contributed by atoms with Crippen LogP contribution in [0.3, 0.4) is 0 Å². The Morgan fingerprint density at radius 3 is 2.75 bits per heavy atom. The number of halogens is 2. The monoisotopic (exact) mass is 462 g/mol. The molecular formula is C23H24ClFN2O5. The number of para-hydroxylation sites is 1. The van der Waals surface area contributed by atoms with Gasteiger partial charge in [-0.2, -0.15) is 0 Å². The van der Waals surface area contributed by atoms with E-state index in [1.807, 2.05) is 24.3 Å². The summed E-state index contributed by atoms with van der Waals surface area (Å²) in [6.07, 6.45) is 2.18. The van der Waals surface area contributed by atoms with Crippen molar-refractivity contribution in [3.63, 3.8) is 0 Å². The van der Waals surface area contributed by atoms with Crippen LogP contribution in [0, 0.1) is 5.82 Å². The van der Waals surface area contributed by atoms with Crippen LogP contribution in [0.15, 0.2) is 53.5 Å². The van der Waals surface area contributed by atoms with Gasteiger partial charge in [0.15, 0.2) is 0 Å². The number of benzene rings is 2. The second-order valence-corrected chi connectivity index (χ2v) is 8.02. The highest BCUT2D eigenvalue weighted by Gasteiger charge is 2.37. The fourth-order valence-corrected chi connectivity index (χ4v) is 3.90. The third kappa shape index (κ3) is 4.88. The molecule has 9 heteroatoms. The molecule has 2 heterocycles. The lowest BCUT2D eigenvalue weighted by atomic mass is 9.95. The van der Waals surface area contributed by atoms with Crippen molar-refractivity contribution in [3.8, 4) is 5.75 Å². The van der Waals surface area contributed by atoms with Crippen molar-refractivity contribution in [2.45, 2.75) is 24.6 Å². The molecule has 4 rings (SSSR count). The quantitative estimate of drug-likeness (QED) is 0.483. The van der Waals surface area contributed by atoms with Gasteiger partial charge in [0.1, 0.15) is 29.9 Å². The first-order valence-corrected chi connectivity index (χ1v) is 10.6. The minimum absolute atomic E-state index is 0.0269. The van der Waals surface area contributed by atoms with Crippen LogP contribution in [0.1, 0.15) is 30.1 Å². The van der Waals surface area contributed by atoms with Gasteiger partial charge >= 0.3 is 0 Å². The molecule has 0 saturated carbocycles. The molecule has 2 aliphatic rings. The maximum Gasteiger partial charge on any atom is 0.213 e. The van der Waals surface area contributed by atoms with Gasteiger partial charge in [0, 0.05) is 24.5 Å². The molecule has 2 aromatic rings. The summed E-state index contributed by atoms with van der Waals surface area (Å²) in [7, 11) is 1.59. The lowest BCUT2D eigenvalue weighted by molar-refractivity contribution is -0.277. The van der Waals surface area contributed by atoms with E-state index in [2.05, 4.69) is 15.2 Å². The minimum Gasteiger partial charge on any atom is -0.496 e. The number of hydrogen-bond donors (Lipinski definition) is 2. The molecule has 0 bridgehead atoms. The van der Waals surface area contributed by atoms with Crippen LogP contribution < -0.4 is 10.1 Å². The molecule has 0 aromatic heterocycles. The Morgan fingerprint density at radius 1 is 1.25 bits per heavy atom. The maximum absolute atomic E-state index is 14.2. The first kappa shape index (κ1) is 22.5. The summed E-state index contributed by atoms with van der Waals surface area (Å²) < 4.78 is 31.4. The third-order valence-electron chi connectivity index (χ3n) is 5.53. The lowest BCUT2D eigenvalue weighted by Crippen LogP contribution is -2.45. The van der Waals surface area contributed by atoms with Crippen molar-refractivity contribution in [1.82, 2.24) is 5.32 Å². The number of rotatable bonds is 6. The Bertz CT molecular complexity index is 1020. The molecule has 1 fully saturated rings. The SMILES string of the molecule is COc1ccccc1C1=CC(OC2(COO)CCOCC2)=NC(c2ccc(Cl)c(F)c2)N1. The van der Waals surface area contributed by atoms with Crippen LogP contribution in [-0.4, -0.2) is 43.7 Å². The van der Waals surface area contributed by atoms with Crippen molar-refractivity contribution >= 4 is 23.2 Å². The zero-order valence-corrected chi connectivity index (χ0v) is 18.3. The number of ether oxygens (including phenoxy) is 3. The Labute approximate surface area is 190 Å². The second-order valence-electron chi connectivity index (χ2n) is 7.62. The normalized spacial score (nSPS) is 20.1. The molecule has 0 amide bonds. The fraction of sp³-hybridized carbons (Fsp3) is 0.348. The molecule has 2 aliphatic heterocycles. The van der Waals surface area contributed by atoms with E-state index >= 15 is 0 Å². The summed E-state index contributed by atoms with van der Waals surface area (Å²) in [6.45, 7) is 0.925. The summed E-state index contributed by atoms with van der Waals surface area (Å²) in [5.74, 6) is 0.448. The van der Waals surface area contributed by atoms with Crippen LogP contribution >= 0.6 is 11.6 Å². The highest BCUT2D eigenvalue weighted by atomic mass is 35.5. The molecule has 32 heavy (non-hydrogen) atoms. The number of methoxy groups -OCH3 is 1. The molecule has 0 aliphatic carbocycles. The molecule has 0 spiro atoms. The van der Waals surface area contributed by atoms with Crippen LogP contribution in [0.2, 0.25) is 5.02 Å². The molecular weight excluding hydrogens is 439 g/mol. The number of nitrogens with one attached hydrogen (secondary N) is 1. The van der Waals surface area contributed by atoms with E-state index in [-0.39, 0.29) is 11.6 Å². The largest absolute Gasteiger partial charge is 0.496 e. The van der Waals surface area contributed by atoms with Gasteiger partial charge in [0.25, 0.3) is 0 Å². The van der Waals surface area contributed by atoms with Gasteiger partial charge in [-0.05, 0) is 29.8 Å². The van der Waals surface area contributed by atoms with E-state index in [4.69, 9.17) is 31.1 Å². The molecule has 170 valence electrons. The van der Waals surface area contributed by atoms with Gasteiger partial charge in [-0.1, -0.05) is 29.8 Å². The molecule has 1 unspecified atom stereocenters. The third-order valence-corrected chi connectivity index (χ3v) is 5.83. The Morgan fingerprint density at radius 2 is 2.03 bits per heavy atom. The van der Waals surface area contributed by atoms with Crippen molar-refractivity contribution in [2.75, 3.05) is 26.9 Å². The topological polar surface area (TPSA) is 81.5 Å². The van der Waals surface area contributed by atoms with Crippen molar-refractivity contribution in [3.05, 3.63) is 70.5 Å². The minimum atomic E-state index is -0.790. The number of nitrogens with zero attached hydrogens (tertiary/aromatic N) is 1. The van der Waals surface area contributed by atoms with E-state index in [0.29, 0.717) is 49.0 Å². The molecule has 1 atom stereocenters. The average molecular weight is 463 g/mol. The predicted octanol–water partition coefficient (Wildman–Crippen LogP) is 4.58.